The maximum absolute atomic E-state index is 12.2. The highest BCUT2D eigenvalue weighted by Crippen LogP contribution is 2.07. The van der Waals surface area contributed by atoms with E-state index in [4.69, 9.17) is 11.5 Å². The topological polar surface area (TPSA) is 203 Å². The predicted molar refractivity (Wildman–Crippen MR) is 131 cm³/mol. The summed E-state index contributed by atoms with van der Waals surface area (Å²) in [6, 6.07) is -2.94. The number of hydrogen-bond donors (Lipinski definition) is 6. The summed E-state index contributed by atoms with van der Waals surface area (Å²) in [5.41, 5.74) is 10.9. The van der Waals surface area contributed by atoms with Crippen molar-refractivity contribution in [3.8, 4) is 0 Å². The summed E-state index contributed by atoms with van der Waals surface area (Å²) in [4.78, 5) is 72.0. The number of amides is 4. The van der Waals surface area contributed by atoms with Gasteiger partial charge in [0.1, 0.15) is 0 Å². The van der Waals surface area contributed by atoms with Gasteiger partial charge in [-0.2, -0.15) is 0 Å². The molecule has 0 saturated heterocycles. The van der Waals surface area contributed by atoms with Crippen LogP contribution in [-0.4, -0.2) is 72.5 Å². The van der Waals surface area contributed by atoms with E-state index >= 15 is 0 Å². The number of Topliss-reactive ketones (excluding diaryl/α,β-unsaturated/α-hetero) is 2. The molecule has 0 spiro atoms. The van der Waals surface area contributed by atoms with Crippen LogP contribution in [0.5, 0.6) is 0 Å². The van der Waals surface area contributed by atoms with E-state index in [-0.39, 0.29) is 36.2 Å². The van der Waals surface area contributed by atoms with Crippen LogP contribution >= 0.6 is 0 Å². The third kappa shape index (κ3) is 13.0. The summed E-state index contributed by atoms with van der Waals surface area (Å²) in [5, 5.41) is 10.4. The molecule has 0 aliphatic rings. The smallest absolute Gasteiger partial charge is 0.237 e. The zero-order chi connectivity index (χ0) is 27.3. The molecule has 0 radical (unpaired) electrons. The molecular weight excluding hydrogens is 456 g/mol. The van der Waals surface area contributed by atoms with Gasteiger partial charge in [-0.1, -0.05) is 13.8 Å². The molecule has 0 aromatic rings. The van der Waals surface area contributed by atoms with Crippen LogP contribution in [0.2, 0.25) is 0 Å². The van der Waals surface area contributed by atoms with Crippen molar-refractivity contribution in [3.63, 3.8) is 0 Å². The standard InChI is InChI=1S/C23H42N6O6/c1-12(10-18(30)16(5)28-22(34)14(3)24)20(32)26-8-7-9-27-21(33)13(2)11-19(31)17(6)29-23(35)15(4)25/h12-17H,7-11,24-25H2,1-6H3,(H,26,32)(H,27,33)(H,28,34)(H,29,35). The van der Waals surface area contributed by atoms with E-state index < -0.39 is 47.8 Å². The zero-order valence-electron chi connectivity index (χ0n) is 21.6. The molecule has 6 atom stereocenters. The average Bonchev–Trinajstić information content (AvgIpc) is 2.77. The Labute approximate surface area is 207 Å². The van der Waals surface area contributed by atoms with Crippen molar-refractivity contribution in [2.45, 2.75) is 85.0 Å². The first-order valence-corrected chi connectivity index (χ1v) is 11.9. The average molecular weight is 499 g/mol. The lowest BCUT2D eigenvalue weighted by Gasteiger charge is -2.18. The minimum atomic E-state index is -0.740. The fourth-order valence-corrected chi connectivity index (χ4v) is 2.85. The molecule has 0 rings (SSSR count). The molecule has 4 amide bonds. The molecule has 0 heterocycles. The van der Waals surface area contributed by atoms with Gasteiger partial charge in [-0.25, -0.2) is 0 Å². The summed E-state index contributed by atoms with van der Waals surface area (Å²) in [6.07, 6.45) is 0.398. The maximum atomic E-state index is 12.2. The molecule has 0 aliphatic carbocycles. The van der Waals surface area contributed by atoms with Gasteiger partial charge >= 0.3 is 0 Å². The summed E-state index contributed by atoms with van der Waals surface area (Å²) in [5.74, 6) is -3.20. The van der Waals surface area contributed by atoms with E-state index in [0.29, 0.717) is 19.5 Å². The van der Waals surface area contributed by atoms with Gasteiger partial charge in [0, 0.05) is 37.8 Å². The van der Waals surface area contributed by atoms with Crippen molar-refractivity contribution in [2.24, 2.45) is 23.3 Å². The maximum Gasteiger partial charge on any atom is 0.237 e. The molecular formula is C23H42N6O6. The van der Waals surface area contributed by atoms with Gasteiger partial charge in [-0.15, -0.1) is 0 Å². The molecule has 0 saturated carbocycles. The van der Waals surface area contributed by atoms with Crippen LogP contribution in [0.15, 0.2) is 0 Å². The van der Waals surface area contributed by atoms with E-state index in [2.05, 4.69) is 21.3 Å². The lowest BCUT2D eigenvalue weighted by molar-refractivity contribution is -0.131. The second-order valence-electron chi connectivity index (χ2n) is 9.12. The lowest BCUT2D eigenvalue weighted by atomic mass is 9.99. The number of carbonyl (C=O) groups is 6. The second kappa shape index (κ2) is 15.9. The van der Waals surface area contributed by atoms with Gasteiger partial charge in [0.2, 0.25) is 23.6 Å². The van der Waals surface area contributed by atoms with Crippen molar-refractivity contribution in [1.29, 1.82) is 0 Å². The predicted octanol–water partition coefficient (Wildman–Crippen LogP) is -1.50. The molecule has 8 N–H and O–H groups in total. The number of rotatable bonds is 16. The summed E-state index contributed by atoms with van der Waals surface area (Å²) in [7, 11) is 0. The van der Waals surface area contributed by atoms with Crippen LogP contribution in [0.25, 0.3) is 0 Å². The molecule has 12 heteroatoms. The third-order valence-electron chi connectivity index (χ3n) is 5.37. The first-order chi connectivity index (χ1) is 16.2. The number of nitrogens with two attached hydrogens (primary N) is 2. The Kier molecular flexibility index (Phi) is 14.6. The Morgan fingerprint density at radius 1 is 0.571 bits per heavy atom. The van der Waals surface area contributed by atoms with Gasteiger partial charge in [0.05, 0.1) is 24.2 Å². The van der Waals surface area contributed by atoms with Gasteiger partial charge in [0.25, 0.3) is 0 Å². The Morgan fingerprint density at radius 3 is 1.17 bits per heavy atom. The monoisotopic (exact) mass is 498 g/mol. The second-order valence-corrected chi connectivity index (χ2v) is 9.12. The molecule has 0 fully saturated rings. The highest BCUT2D eigenvalue weighted by Gasteiger charge is 2.24. The van der Waals surface area contributed by atoms with E-state index in [0.717, 1.165) is 0 Å². The van der Waals surface area contributed by atoms with E-state index in [1.165, 1.54) is 13.8 Å². The van der Waals surface area contributed by atoms with Crippen LogP contribution in [0, 0.1) is 11.8 Å². The van der Waals surface area contributed by atoms with Crippen LogP contribution < -0.4 is 32.7 Å². The zero-order valence-corrected chi connectivity index (χ0v) is 21.6. The van der Waals surface area contributed by atoms with Gasteiger partial charge in [-0.05, 0) is 34.1 Å². The quantitative estimate of drug-likeness (QED) is 0.138. The van der Waals surface area contributed by atoms with Gasteiger partial charge in [-0.3, -0.25) is 28.8 Å². The molecule has 0 aromatic carbocycles. The van der Waals surface area contributed by atoms with Crippen molar-refractivity contribution in [3.05, 3.63) is 0 Å². The Hall–Kier alpha value is -2.86. The van der Waals surface area contributed by atoms with Crippen molar-refractivity contribution >= 4 is 35.2 Å². The number of carbonyl (C=O) groups excluding carboxylic acids is 6. The van der Waals surface area contributed by atoms with Crippen LogP contribution in [0.1, 0.15) is 60.8 Å². The number of nitrogens with one attached hydrogen (secondary N) is 4. The highest BCUT2D eigenvalue weighted by atomic mass is 16.2. The molecule has 200 valence electrons. The van der Waals surface area contributed by atoms with Crippen molar-refractivity contribution in [1.82, 2.24) is 21.3 Å². The van der Waals surface area contributed by atoms with Crippen LogP contribution in [-0.2, 0) is 28.8 Å². The van der Waals surface area contributed by atoms with E-state index in [9.17, 15) is 28.8 Å². The Balaban J connectivity index is 4.23. The molecule has 35 heavy (non-hydrogen) atoms. The minimum absolute atomic E-state index is 0.0302. The minimum Gasteiger partial charge on any atom is -0.356 e. The first-order valence-electron chi connectivity index (χ1n) is 11.9. The summed E-state index contributed by atoms with van der Waals surface area (Å²) in [6.45, 7) is 9.93. The Bertz CT molecular complexity index is 708. The van der Waals surface area contributed by atoms with Crippen molar-refractivity contribution in [2.75, 3.05) is 13.1 Å². The van der Waals surface area contributed by atoms with Gasteiger partial charge in [0.15, 0.2) is 11.6 Å². The SMILES string of the molecule is CC(N)C(=O)NC(C)C(=O)CC(C)C(=O)NCCCNC(=O)C(C)CC(=O)C(C)NC(=O)C(C)N. The molecule has 0 aliphatic heterocycles. The number of ketones is 2. The third-order valence-corrected chi connectivity index (χ3v) is 5.37. The lowest BCUT2D eigenvalue weighted by Crippen LogP contribution is -2.46. The van der Waals surface area contributed by atoms with Crippen LogP contribution in [0.4, 0.5) is 0 Å². The summed E-state index contributed by atoms with van der Waals surface area (Å²) < 4.78 is 0. The van der Waals surface area contributed by atoms with E-state index in [1.807, 2.05) is 0 Å². The highest BCUT2D eigenvalue weighted by molar-refractivity contribution is 5.93. The van der Waals surface area contributed by atoms with E-state index in [1.54, 1.807) is 27.7 Å². The molecule has 0 aromatic heterocycles. The molecule has 12 nitrogen and oxygen atoms in total. The largest absolute Gasteiger partial charge is 0.356 e. The van der Waals surface area contributed by atoms with Crippen LogP contribution in [0.3, 0.4) is 0 Å². The normalized spacial score (nSPS) is 16.0. The van der Waals surface area contributed by atoms with Crippen molar-refractivity contribution < 1.29 is 28.8 Å². The summed E-state index contributed by atoms with van der Waals surface area (Å²) >= 11 is 0. The van der Waals surface area contributed by atoms with Gasteiger partial charge < -0.3 is 32.7 Å². The fourth-order valence-electron chi connectivity index (χ4n) is 2.85. The molecule has 0 bridgehead atoms. The molecule has 6 unspecified atom stereocenters. The Morgan fingerprint density at radius 2 is 0.886 bits per heavy atom. The number of hydrogen-bond acceptors (Lipinski definition) is 8. The first kappa shape index (κ1) is 32.1. The fraction of sp³-hybridized carbons (Fsp3) is 0.739.